The van der Waals surface area contributed by atoms with E-state index >= 15 is 0 Å². The van der Waals surface area contributed by atoms with Gasteiger partial charge >= 0.3 is 0 Å². The summed E-state index contributed by atoms with van der Waals surface area (Å²) in [5, 5.41) is 3.60. The number of benzene rings is 2. The fraction of sp³-hybridized carbons (Fsp3) is 0.273. The van der Waals surface area contributed by atoms with Crippen LogP contribution in [0.3, 0.4) is 0 Å². The van der Waals surface area contributed by atoms with E-state index in [9.17, 15) is 13.2 Å². The van der Waals surface area contributed by atoms with Gasteiger partial charge in [-0.25, -0.2) is 13.4 Å². The molecule has 0 fully saturated rings. The predicted octanol–water partition coefficient (Wildman–Crippen LogP) is 4.29. The first kappa shape index (κ1) is 22.9. The van der Waals surface area contributed by atoms with Crippen molar-refractivity contribution in [1.82, 2.24) is 9.55 Å². The number of rotatable bonds is 8. The third-order valence-corrected chi connectivity index (χ3v) is 7.19. The normalized spacial score (nSPS) is 11.4. The maximum Gasteiger partial charge on any atom is 0.234 e. The van der Waals surface area contributed by atoms with Crippen molar-refractivity contribution in [3.8, 4) is 5.69 Å². The second kappa shape index (κ2) is 9.57. The molecular weight excluding hydrogens is 432 g/mol. The van der Waals surface area contributed by atoms with E-state index in [2.05, 4.69) is 34.9 Å². The Morgan fingerprint density at radius 3 is 2.61 bits per heavy atom. The van der Waals surface area contributed by atoms with Crippen LogP contribution >= 0.6 is 11.8 Å². The fourth-order valence-electron chi connectivity index (χ4n) is 3.00. The molecule has 0 aliphatic heterocycles. The van der Waals surface area contributed by atoms with Crippen LogP contribution < -0.4 is 10.0 Å². The highest BCUT2D eigenvalue weighted by Crippen LogP contribution is 2.25. The number of carbonyl (C=O) groups is 1. The smallest absolute Gasteiger partial charge is 0.234 e. The lowest BCUT2D eigenvalue weighted by Crippen LogP contribution is -2.16. The van der Waals surface area contributed by atoms with Gasteiger partial charge in [0.05, 0.1) is 22.9 Å². The van der Waals surface area contributed by atoms with Gasteiger partial charge in [-0.3, -0.25) is 14.1 Å². The van der Waals surface area contributed by atoms with Crippen LogP contribution in [0.5, 0.6) is 0 Å². The monoisotopic (exact) mass is 458 g/mol. The number of imidazole rings is 1. The van der Waals surface area contributed by atoms with E-state index in [1.54, 1.807) is 38.2 Å². The van der Waals surface area contributed by atoms with Gasteiger partial charge in [0.2, 0.25) is 15.9 Å². The van der Waals surface area contributed by atoms with Gasteiger partial charge in [-0.2, -0.15) is 0 Å². The van der Waals surface area contributed by atoms with Crippen LogP contribution in [0.2, 0.25) is 0 Å². The number of carbonyl (C=O) groups excluding carboxylic acids is 1. The van der Waals surface area contributed by atoms with Crippen molar-refractivity contribution in [2.24, 2.45) is 0 Å². The molecule has 3 aromatic rings. The summed E-state index contributed by atoms with van der Waals surface area (Å²) in [6.07, 6.45) is 3.61. The topological polar surface area (TPSA) is 93.1 Å². The number of hydrogen-bond acceptors (Lipinski definition) is 5. The maximum atomic E-state index is 12.5. The second-order valence-corrected chi connectivity index (χ2v) is 10.1. The van der Waals surface area contributed by atoms with Crippen LogP contribution in [0.25, 0.3) is 5.69 Å². The molecule has 31 heavy (non-hydrogen) atoms. The molecule has 0 unspecified atom stereocenters. The first-order valence-corrected chi connectivity index (χ1v) is 12.5. The number of aryl methyl sites for hydroxylation is 2. The third kappa shape index (κ3) is 5.68. The molecule has 0 aliphatic rings. The Morgan fingerprint density at radius 2 is 1.90 bits per heavy atom. The predicted molar refractivity (Wildman–Crippen MR) is 127 cm³/mol. The molecule has 2 aromatic carbocycles. The van der Waals surface area contributed by atoms with Gasteiger partial charge in [-0.05, 0) is 68.7 Å². The molecule has 9 heteroatoms. The number of nitrogens with one attached hydrogen (secondary N) is 2. The summed E-state index contributed by atoms with van der Waals surface area (Å²) in [5.41, 5.74) is 5.25. The Kier molecular flexibility index (Phi) is 7.07. The van der Waals surface area contributed by atoms with E-state index in [1.807, 2.05) is 22.9 Å². The SMILES string of the molecule is CCS(=O)(=O)Nc1ccc(NC(=O)CSc2nccn2-c2cccc(C)c2C)cc1C. The van der Waals surface area contributed by atoms with Crippen LogP contribution in [0.1, 0.15) is 23.6 Å². The lowest BCUT2D eigenvalue weighted by Gasteiger charge is -2.13. The molecule has 0 spiro atoms. The van der Waals surface area contributed by atoms with Crippen molar-refractivity contribution < 1.29 is 13.2 Å². The van der Waals surface area contributed by atoms with Crippen molar-refractivity contribution in [1.29, 1.82) is 0 Å². The third-order valence-electron chi connectivity index (χ3n) is 4.93. The number of sulfonamides is 1. The molecule has 2 N–H and O–H groups in total. The fourth-order valence-corrected chi connectivity index (χ4v) is 4.47. The van der Waals surface area contributed by atoms with Crippen LogP contribution in [0.15, 0.2) is 53.9 Å². The summed E-state index contributed by atoms with van der Waals surface area (Å²) in [7, 11) is -3.35. The average Bonchev–Trinajstić information content (AvgIpc) is 3.19. The second-order valence-electron chi connectivity index (χ2n) is 7.17. The van der Waals surface area contributed by atoms with Crippen molar-refractivity contribution in [3.63, 3.8) is 0 Å². The highest BCUT2D eigenvalue weighted by atomic mass is 32.2. The molecule has 0 atom stereocenters. The largest absolute Gasteiger partial charge is 0.325 e. The van der Waals surface area contributed by atoms with E-state index < -0.39 is 10.0 Å². The van der Waals surface area contributed by atoms with Gasteiger partial charge in [0.1, 0.15) is 0 Å². The van der Waals surface area contributed by atoms with Gasteiger partial charge in [-0.15, -0.1) is 0 Å². The van der Waals surface area contributed by atoms with Crippen LogP contribution in [0.4, 0.5) is 11.4 Å². The van der Waals surface area contributed by atoms with Gasteiger partial charge in [0.15, 0.2) is 5.16 Å². The molecule has 7 nitrogen and oxygen atoms in total. The minimum atomic E-state index is -3.35. The van der Waals surface area contributed by atoms with E-state index in [-0.39, 0.29) is 17.4 Å². The Balaban J connectivity index is 1.65. The molecule has 1 heterocycles. The van der Waals surface area contributed by atoms with Crippen LogP contribution in [-0.2, 0) is 14.8 Å². The van der Waals surface area contributed by atoms with Gasteiger partial charge < -0.3 is 5.32 Å². The van der Waals surface area contributed by atoms with Crippen LogP contribution in [-0.4, -0.2) is 35.4 Å². The zero-order valence-electron chi connectivity index (χ0n) is 18.0. The standard InChI is InChI=1S/C22H26N4O3S2/c1-5-31(28,29)25-19-10-9-18(13-16(19)3)24-21(27)14-30-22-23-11-12-26(22)20-8-6-7-15(2)17(20)4/h6-13,25H,5,14H2,1-4H3,(H,24,27). The van der Waals surface area contributed by atoms with Crippen molar-refractivity contribution >= 4 is 39.1 Å². The summed E-state index contributed by atoms with van der Waals surface area (Å²) in [4.78, 5) is 16.9. The zero-order valence-corrected chi connectivity index (χ0v) is 19.6. The zero-order chi connectivity index (χ0) is 22.6. The minimum Gasteiger partial charge on any atom is -0.325 e. The van der Waals surface area contributed by atoms with E-state index in [0.29, 0.717) is 11.4 Å². The highest BCUT2D eigenvalue weighted by Gasteiger charge is 2.13. The molecule has 0 saturated carbocycles. The quantitative estimate of drug-likeness (QED) is 0.491. The van der Waals surface area contributed by atoms with E-state index in [0.717, 1.165) is 16.4 Å². The molecule has 1 aromatic heterocycles. The molecule has 0 bridgehead atoms. The summed E-state index contributed by atoms with van der Waals surface area (Å²) in [5.74, 6) is 0.0345. The van der Waals surface area contributed by atoms with Crippen molar-refractivity contribution in [2.45, 2.75) is 32.9 Å². The van der Waals surface area contributed by atoms with Gasteiger partial charge in [-0.1, -0.05) is 23.9 Å². The summed E-state index contributed by atoms with van der Waals surface area (Å²) >= 11 is 1.36. The Bertz CT molecular complexity index is 1200. The van der Waals surface area contributed by atoms with Gasteiger partial charge in [0.25, 0.3) is 0 Å². The molecule has 0 aliphatic carbocycles. The molecule has 0 radical (unpaired) electrons. The number of anilines is 2. The molecule has 1 amide bonds. The first-order valence-electron chi connectivity index (χ1n) is 9.84. The summed E-state index contributed by atoms with van der Waals surface area (Å²) in [6.45, 7) is 7.50. The average molecular weight is 459 g/mol. The summed E-state index contributed by atoms with van der Waals surface area (Å²) < 4.78 is 28.0. The first-order chi connectivity index (χ1) is 14.7. The van der Waals surface area contributed by atoms with Crippen molar-refractivity contribution in [3.05, 3.63) is 65.5 Å². The molecule has 3 rings (SSSR count). The minimum absolute atomic E-state index is 0.0000134. The van der Waals surface area contributed by atoms with Gasteiger partial charge in [0, 0.05) is 18.1 Å². The molecule has 0 saturated heterocycles. The Labute approximate surface area is 187 Å². The molecular formula is C22H26N4O3S2. The highest BCUT2D eigenvalue weighted by molar-refractivity contribution is 7.99. The maximum absolute atomic E-state index is 12.5. The van der Waals surface area contributed by atoms with Crippen LogP contribution in [0, 0.1) is 20.8 Å². The van der Waals surface area contributed by atoms with Crippen molar-refractivity contribution in [2.75, 3.05) is 21.5 Å². The molecule has 164 valence electrons. The lowest BCUT2D eigenvalue weighted by atomic mass is 10.1. The number of aromatic nitrogens is 2. The lowest BCUT2D eigenvalue weighted by molar-refractivity contribution is -0.113. The Morgan fingerprint density at radius 1 is 1.13 bits per heavy atom. The summed E-state index contributed by atoms with van der Waals surface area (Å²) in [6, 6.07) is 11.2. The number of nitrogens with zero attached hydrogens (tertiary/aromatic N) is 2. The number of thioether (sulfide) groups is 1. The van der Waals surface area contributed by atoms with E-state index in [4.69, 9.17) is 0 Å². The van der Waals surface area contributed by atoms with E-state index in [1.165, 1.54) is 22.9 Å². The number of hydrogen-bond donors (Lipinski definition) is 2. The number of amides is 1. The Hall–Kier alpha value is -2.78.